The van der Waals surface area contributed by atoms with Gasteiger partial charge in [0.05, 0.1) is 5.41 Å². The average Bonchev–Trinajstić information content (AvgIpc) is 2.83. The lowest BCUT2D eigenvalue weighted by molar-refractivity contribution is -0.146. The maximum absolute atomic E-state index is 12.6. The molecule has 0 fully saturated rings. The quantitative estimate of drug-likeness (QED) is 0.335. The van der Waals surface area contributed by atoms with Gasteiger partial charge in [-0.15, -0.1) is 0 Å². The number of aliphatic carboxylic acids is 1. The van der Waals surface area contributed by atoms with E-state index in [0.717, 1.165) is 30.4 Å². The van der Waals surface area contributed by atoms with Crippen molar-refractivity contribution in [3.63, 3.8) is 0 Å². The van der Waals surface area contributed by atoms with Gasteiger partial charge in [0.2, 0.25) is 0 Å². The van der Waals surface area contributed by atoms with Crippen molar-refractivity contribution in [3.05, 3.63) is 89.5 Å². The monoisotopic (exact) mass is 457 g/mol. The molecule has 3 aromatic rings. The number of nitrogens with one attached hydrogen (secondary N) is 1. The zero-order valence-corrected chi connectivity index (χ0v) is 19.9. The molecule has 0 spiro atoms. The van der Waals surface area contributed by atoms with E-state index in [-0.39, 0.29) is 18.1 Å². The number of carbonyl (C=O) groups excluding carboxylic acids is 2. The number of benzene rings is 3. The van der Waals surface area contributed by atoms with Crippen LogP contribution in [0.2, 0.25) is 0 Å². The van der Waals surface area contributed by atoms with Crippen molar-refractivity contribution >= 4 is 23.3 Å². The summed E-state index contributed by atoms with van der Waals surface area (Å²) in [5, 5.41) is 12.2. The summed E-state index contributed by atoms with van der Waals surface area (Å²) in [6.07, 6.45) is 3.25. The van der Waals surface area contributed by atoms with Crippen LogP contribution in [0.4, 0.5) is 5.69 Å². The molecular weight excluding hydrogens is 426 g/mol. The summed E-state index contributed by atoms with van der Waals surface area (Å²) < 4.78 is 0. The van der Waals surface area contributed by atoms with Crippen LogP contribution in [0, 0.1) is 5.41 Å². The highest BCUT2D eigenvalue weighted by Gasteiger charge is 2.30. The topological polar surface area (TPSA) is 83.5 Å². The van der Waals surface area contributed by atoms with E-state index in [1.165, 1.54) is 5.56 Å². The number of anilines is 1. The van der Waals surface area contributed by atoms with Gasteiger partial charge in [-0.1, -0.05) is 61.9 Å². The van der Waals surface area contributed by atoms with Gasteiger partial charge >= 0.3 is 5.97 Å². The van der Waals surface area contributed by atoms with Gasteiger partial charge in [0.25, 0.3) is 5.91 Å². The van der Waals surface area contributed by atoms with Crippen LogP contribution in [-0.4, -0.2) is 22.8 Å². The number of hydrogen-bond donors (Lipinski definition) is 2. The number of hydrogen-bond acceptors (Lipinski definition) is 3. The van der Waals surface area contributed by atoms with Crippen molar-refractivity contribution in [2.75, 3.05) is 5.32 Å². The van der Waals surface area contributed by atoms with E-state index in [9.17, 15) is 19.5 Å². The van der Waals surface area contributed by atoms with Crippen molar-refractivity contribution in [2.45, 2.75) is 46.5 Å². The van der Waals surface area contributed by atoms with E-state index < -0.39 is 11.4 Å². The Hall–Kier alpha value is -3.73. The first-order chi connectivity index (χ1) is 16.2. The van der Waals surface area contributed by atoms with E-state index in [1.807, 2.05) is 60.7 Å². The second-order valence-corrected chi connectivity index (χ2v) is 9.20. The number of amides is 1. The molecule has 34 heavy (non-hydrogen) atoms. The van der Waals surface area contributed by atoms with Crippen LogP contribution in [0.25, 0.3) is 11.1 Å². The lowest BCUT2D eigenvalue weighted by Crippen LogP contribution is -2.26. The van der Waals surface area contributed by atoms with Gasteiger partial charge in [0, 0.05) is 23.2 Å². The van der Waals surface area contributed by atoms with E-state index in [0.29, 0.717) is 16.8 Å². The lowest BCUT2D eigenvalue weighted by atomic mass is 9.85. The SMILES string of the molecule is CCCCc1ccc(C(=O)Nc2ccc(-c3ccc(C(=O)CC(C)(C)C(=O)O)cc3)cc2)cc1. The summed E-state index contributed by atoms with van der Waals surface area (Å²) in [5.41, 5.74) is 3.82. The summed E-state index contributed by atoms with van der Waals surface area (Å²) in [6, 6.07) is 22.4. The Morgan fingerprint density at radius 1 is 0.794 bits per heavy atom. The molecule has 0 saturated carbocycles. The Morgan fingerprint density at radius 3 is 1.85 bits per heavy atom. The van der Waals surface area contributed by atoms with Gasteiger partial charge in [0.15, 0.2) is 5.78 Å². The van der Waals surface area contributed by atoms with Gasteiger partial charge in [-0.25, -0.2) is 0 Å². The fourth-order valence-electron chi connectivity index (χ4n) is 3.58. The van der Waals surface area contributed by atoms with Crippen molar-refractivity contribution in [1.29, 1.82) is 0 Å². The van der Waals surface area contributed by atoms with Crippen LogP contribution in [0.5, 0.6) is 0 Å². The predicted octanol–water partition coefficient (Wildman–Crippen LogP) is 6.63. The van der Waals surface area contributed by atoms with E-state index in [2.05, 4.69) is 12.2 Å². The fourth-order valence-corrected chi connectivity index (χ4v) is 3.58. The molecule has 0 aliphatic heterocycles. The van der Waals surface area contributed by atoms with E-state index >= 15 is 0 Å². The molecule has 5 heteroatoms. The maximum Gasteiger partial charge on any atom is 0.309 e. The highest BCUT2D eigenvalue weighted by Crippen LogP contribution is 2.26. The maximum atomic E-state index is 12.6. The molecule has 0 saturated heterocycles. The first kappa shape index (κ1) is 24.9. The molecule has 0 atom stereocenters. The standard InChI is InChI=1S/C29H31NO4/c1-4-5-6-20-7-9-24(10-8-20)27(32)30-25-17-15-22(16-18-25)21-11-13-23(14-12-21)26(31)19-29(2,3)28(33)34/h7-18H,4-6,19H2,1-3H3,(H,30,32)(H,33,34). The largest absolute Gasteiger partial charge is 0.481 e. The van der Waals surface area contributed by atoms with Crippen molar-refractivity contribution in [2.24, 2.45) is 5.41 Å². The third-order valence-corrected chi connectivity index (χ3v) is 5.90. The molecule has 0 bridgehead atoms. The molecule has 2 N–H and O–H groups in total. The number of rotatable bonds is 10. The molecule has 0 aliphatic rings. The molecular formula is C29H31NO4. The zero-order chi connectivity index (χ0) is 24.7. The first-order valence-electron chi connectivity index (χ1n) is 11.6. The van der Waals surface area contributed by atoms with Gasteiger partial charge in [-0.2, -0.15) is 0 Å². The highest BCUT2D eigenvalue weighted by molar-refractivity contribution is 6.04. The highest BCUT2D eigenvalue weighted by atomic mass is 16.4. The minimum atomic E-state index is -1.10. The number of carbonyl (C=O) groups is 3. The predicted molar refractivity (Wildman–Crippen MR) is 135 cm³/mol. The Bertz CT molecular complexity index is 1140. The summed E-state index contributed by atoms with van der Waals surface area (Å²) in [6.45, 7) is 5.25. The lowest BCUT2D eigenvalue weighted by Gasteiger charge is -2.17. The third kappa shape index (κ3) is 6.41. The van der Waals surface area contributed by atoms with Crippen LogP contribution < -0.4 is 5.32 Å². The molecule has 1 amide bonds. The smallest absolute Gasteiger partial charge is 0.309 e. The number of aryl methyl sites for hydroxylation is 1. The van der Waals surface area contributed by atoms with Gasteiger partial charge in [-0.05, 0) is 67.6 Å². The second-order valence-electron chi connectivity index (χ2n) is 9.20. The number of carboxylic acid groups (broad SMARTS) is 1. The van der Waals surface area contributed by atoms with Crippen LogP contribution in [0.15, 0.2) is 72.8 Å². The van der Waals surface area contributed by atoms with Crippen molar-refractivity contribution in [1.82, 2.24) is 0 Å². The molecule has 3 aromatic carbocycles. The molecule has 0 aromatic heterocycles. The minimum absolute atomic E-state index is 0.0580. The zero-order valence-electron chi connectivity index (χ0n) is 19.9. The first-order valence-corrected chi connectivity index (χ1v) is 11.6. The van der Waals surface area contributed by atoms with Crippen LogP contribution in [0.3, 0.4) is 0 Å². The Balaban J connectivity index is 1.62. The summed E-state index contributed by atoms with van der Waals surface area (Å²) in [7, 11) is 0. The summed E-state index contributed by atoms with van der Waals surface area (Å²) in [5.74, 6) is -1.34. The van der Waals surface area contributed by atoms with Crippen LogP contribution >= 0.6 is 0 Å². The van der Waals surface area contributed by atoms with Gasteiger partial charge in [-0.3, -0.25) is 14.4 Å². The number of Topliss-reactive ketones (excluding diaryl/α,β-unsaturated/α-hetero) is 1. The number of ketones is 1. The number of unbranched alkanes of at least 4 members (excludes halogenated alkanes) is 1. The minimum Gasteiger partial charge on any atom is -0.481 e. The summed E-state index contributed by atoms with van der Waals surface area (Å²) >= 11 is 0. The molecule has 3 rings (SSSR count). The van der Waals surface area contributed by atoms with Crippen LogP contribution in [0.1, 0.15) is 66.3 Å². The Labute approximate surface area is 200 Å². The molecule has 0 unspecified atom stereocenters. The van der Waals surface area contributed by atoms with Crippen molar-refractivity contribution in [3.8, 4) is 11.1 Å². The average molecular weight is 458 g/mol. The third-order valence-electron chi connectivity index (χ3n) is 5.90. The molecule has 0 heterocycles. The molecule has 0 radical (unpaired) electrons. The Morgan fingerprint density at radius 2 is 1.32 bits per heavy atom. The normalized spacial score (nSPS) is 11.1. The number of carboxylic acids is 1. The van der Waals surface area contributed by atoms with Crippen LogP contribution in [-0.2, 0) is 11.2 Å². The fraction of sp³-hybridized carbons (Fsp3) is 0.276. The summed E-state index contributed by atoms with van der Waals surface area (Å²) in [4.78, 5) is 36.3. The Kier molecular flexibility index (Phi) is 8.00. The van der Waals surface area contributed by atoms with Gasteiger partial charge < -0.3 is 10.4 Å². The van der Waals surface area contributed by atoms with Crippen molar-refractivity contribution < 1.29 is 19.5 Å². The van der Waals surface area contributed by atoms with Gasteiger partial charge in [0.1, 0.15) is 0 Å². The van der Waals surface area contributed by atoms with E-state index in [4.69, 9.17) is 0 Å². The molecule has 5 nitrogen and oxygen atoms in total. The molecule has 176 valence electrons. The molecule has 0 aliphatic carbocycles. The second kappa shape index (κ2) is 10.9. The van der Waals surface area contributed by atoms with E-state index in [1.54, 1.807) is 26.0 Å².